The molecule has 0 N–H and O–H groups in total. The minimum Gasteiger partial charge on any atom is -0.342 e. The van der Waals surface area contributed by atoms with E-state index in [1.54, 1.807) is 0 Å². The van der Waals surface area contributed by atoms with E-state index in [-0.39, 0.29) is 0 Å². The molecular formula is C17H32N2OS. The number of thiol groups is 1. The summed E-state index contributed by atoms with van der Waals surface area (Å²) in [5.74, 6) is 3.27. The first-order valence-electron chi connectivity index (χ1n) is 8.64. The summed E-state index contributed by atoms with van der Waals surface area (Å²) < 4.78 is 0. The van der Waals surface area contributed by atoms with Crippen molar-refractivity contribution in [2.24, 2.45) is 17.8 Å². The Hall–Kier alpha value is -0.220. The van der Waals surface area contributed by atoms with Crippen LogP contribution in [0.4, 0.5) is 0 Å². The molecule has 0 saturated carbocycles. The predicted molar refractivity (Wildman–Crippen MR) is 91.8 cm³/mol. The summed E-state index contributed by atoms with van der Waals surface area (Å²) in [4.78, 5) is 17.1. The number of carbonyl (C=O) groups is 1. The molecule has 0 aromatic heterocycles. The Bertz CT molecular complexity index is 332. The van der Waals surface area contributed by atoms with Crippen molar-refractivity contribution in [2.45, 2.75) is 52.5 Å². The smallest absolute Gasteiger partial charge is 0.222 e. The Balaban J connectivity index is 1.80. The highest BCUT2D eigenvalue weighted by Gasteiger charge is 2.36. The fourth-order valence-corrected chi connectivity index (χ4v) is 3.89. The van der Waals surface area contributed by atoms with Gasteiger partial charge in [-0.2, -0.15) is 12.6 Å². The number of carbonyl (C=O) groups excluding carboxylic acids is 1. The van der Waals surface area contributed by atoms with Crippen molar-refractivity contribution < 1.29 is 4.79 Å². The first-order chi connectivity index (χ1) is 10.0. The van der Waals surface area contributed by atoms with E-state index >= 15 is 0 Å². The van der Waals surface area contributed by atoms with Gasteiger partial charge in [0.1, 0.15) is 0 Å². The lowest BCUT2D eigenvalue weighted by atomic mass is 9.92. The Morgan fingerprint density at radius 3 is 2.19 bits per heavy atom. The summed E-state index contributed by atoms with van der Waals surface area (Å²) in [6.45, 7) is 11.2. The largest absolute Gasteiger partial charge is 0.342 e. The summed E-state index contributed by atoms with van der Waals surface area (Å²) >= 11 is 4.30. The van der Waals surface area contributed by atoms with Crippen LogP contribution < -0.4 is 0 Å². The van der Waals surface area contributed by atoms with Gasteiger partial charge in [0.05, 0.1) is 0 Å². The van der Waals surface area contributed by atoms with Crippen molar-refractivity contribution in [3.05, 3.63) is 0 Å². The molecule has 0 spiro atoms. The number of likely N-dealkylation sites (tertiary alicyclic amines) is 2. The van der Waals surface area contributed by atoms with Gasteiger partial charge in [-0.3, -0.25) is 4.79 Å². The highest BCUT2D eigenvalue weighted by Crippen LogP contribution is 2.32. The van der Waals surface area contributed by atoms with Crippen LogP contribution in [0.3, 0.4) is 0 Å². The summed E-state index contributed by atoms with van der Waals surface area (Å²) in [6.07, 6.45) is 4.22. The van der Waals surface area contributed by atoms with Crippen molar-refractivity contribution in [1.82, 2.24) is 9.80 Å². The van der Waals surface area contributed by atoms with Gasteiger partial charge in [-0.25, -0.2) is 0 Å². The van der Waals surface area contributed by atoms with E-state index in [4.69, 9.17) is 0 Å². The van der Waals surface area contributed by atoms with Crippen LogP contribution in [-0.4, -0.2) is 53.7 Å². The molecular weight excluding hydrogens is 280 g/mol. The fourth-order valence-electron chi connectivity index (χ4n) is 3.71. The minimum atomic E-state index is 0.373. The molecule has 0 radical (unpaired) electrons. The molecule has 0 aromatic rings. The second kappa shape index (κ2) is 7.87. The summed E-state index contributed by atoms with van der Waals surface area (Å²) in [7, 11) is 0. The third-order valence-corrected chi connectivity index (χ3v) is 6.02. The zero-order valence-electron chi connectivity index (χ0n) is 13.9. The quantitative estimate of drug-likeness (QED) is 0.789. The first-order valence-corrected chi connectivity index (χ1v) is 9.27. The molecule has 0 aliphatic carbocycles. The van der Waals surface area contributed by atoms with Gasteiger partial charge in [0.2, 0.25) is 5.91 Å². The average molecular weight is 313 g/mol. The molecule has 1 amide bonds. The van der Waals surface area contributed by atoms with Crippen LogP contribution in [0.15, 0.2) is 0 Å². The van der Waals surface area contributed by atoms with Gasteiger partial charge in [0, 0.05) is 25.6 Å². The fraction of sp³-hybridized carbons (Fsp3) is 0.941. The van der Waals surface area contributed by atoms with Crippen LogP contribution in [0.1, 0.15) is 46.5 Å². The Kier molecular flexibility index (Phi) is 6.42. The van der Waals surface area contributed by atoms with Gasteiger partial charge in [0.15, 0.2) is 0 Å². The monoisotopic (exact) mass is 312 g/mol. The van der Waals surface area contributed by atoms with Crippen LogP contribution in [0.25, 0.3) is 0 Å². The van der Waals surface area contributed by atoms with Gasteiger partial charge in [-0.15, -0.1) is 0 Å². The van der Waals surface area contributed by atoms with E-state index in [0.29, 0.717) is 24.3 Å². The Morgan fingerprint density at radius 2 is 1.71 bits per heavy atom. The lowest BCUT2D eigenvalue weighted by Gasteiger charge is -2.25. The number of hydrogen-bond donors (Lipinski definition) is 1. The molecule has 2 aliphatic rings. The first kappa shape index (κ1) is 17.1. The van der Waals surface area contributed by atoms with E-state index < -0.39 is 0 Å². The molecule has 21 heavy (non-hydrogen) atoms. The van der Waals surface area contributed by atoms with Crippen LogP contribution >= 0.6 is 12.6 Å². The van der Waals surface area contributed by atoms with E-state index in [9.17, 15) is 4.79 Å². The maximum Gasteiger partial charge on any atom is 0.222 e. The van der Waals surface area contributed by atoms with Gasteiger partial charge >= 0.3 is 0 Å². The van der Waals surface area contributed by atoms with Crippen LogP contribution in [0.2, 0.25) is 0 Å². The maximum absolute atomic E-state index is 12.4. The Morgan fingerprint density at radius 1 is 1.14 bits per heavy atom. The van der Waals surface area contributed by atoms with E-state index in [1.165, 1.54) is 25.9 Å². The Labute approximate surface area is 135 Å². The topological polar surface area (TPSA) is 23.6 Å². The van der Waals surface area contributed by atoms with Crippen molar-refractivity contribution in [3.8, 4) is 0 Å². The lowest BCUT2D eigenvalue weighted by Crippen LogP contribution is -2.34. The molecule has 2 rings (SSSR count). The van der Waals surface area contributed by atoms with Crippen LogP contribution in [0.5, 0.6) is 0 Å². The molecule has 0 aromatic carbocycles. The summed E-state index contributed by atoms with van der Waals surface area (Å²) in [5, 5.41) is 0. The predicted octanol–water partition coefficient (Wildman–Crippen LogP) is 2.91. The molecule has 3 atom stereocenters. The molecule has 0 bridgehead atoms. The molecule has 2 aliphatic heterocycles. The second-order valence-electron chi connectivity index (χ2n) is 7.35. The molecule has 4 heteroatoms. The number of hydrogen-bond acceptors (Lipinski definition) is 3. The molecule has 3 nitrogen and oxygen atoms in total. The van der Waals surface area contributed by atoms with E-state index in [0.717, 1.165) is 37.1 Å². The van der Waals surface area contributed by atoms with Crippen molar-refractivity contribution in [2.75, 3.05) is 31.9 Å². The standard InChI is InChI=1S/C17H32N2OS/c1-13(2)18-8-6-15-10-19(11-16(15)7-9-18)17(20)5-4-14(3)12-21/h13-16,21H,4-12H2,1-3H3/t14?,15-,16?/m1/s1. The number of amides is 1. The molecule has 2 fully saturated rings. The SMILES string of the molecule is CC(CS)CCC(=O)N1CC2CCN(C(C)C)CC[C@@H]2C1. The van der Waals surface area contributed by atoms with Gasteiger partial charge in [0.25, 0.3) is 0 Å². The lowest BCUT2D eigenvalue weighted by molar-refractivity contribution is -0.130. The van der Waals surface area contributed by atoms with E-state index in [1.807, 2.05) is 0 Å². The van der Waals surface area contributed by atoms with Gasteiger partial charge in [-0.05, 0) is 69.7 Å². The third-order valence-electron chi connectivity index (χ3n) is 5.40. The normalized spacial score (nSPS) is 28.5. The number of fused-ring (bicyclic) bond motifs is 1. The van der Waals surface area contributed by atoms with Crippen LogP contribution in [-0.2, 0) is 4.79 Å². The van der Waals surface area contributed by atoms with Crippen LogP contribution in [0, 0.1) is 17.8 Å². The molecule has 2 saturated heterocycles. The van der Waals surface area contributed by atoms with E-state index in [2.05, 4.69) is 43.2 Å². The minimum absolute atomic E-state index is 0.373. The number of nitrogens with zero attached hydrogens (tertiary/aromatic N) is 2. The zero-order chi connectivity index (χ0) is 15.4. The third kappa shape index (κ3) is 4.62. The highest BCUT2D eigenvalue weighted by molar-refractivity contribution is 7.80. The zero-order valence-corrected chi connectivity index (χ0v) is 14.8. The summed E-state index contributed by atoms with van der Waals surface area (Å²) in [6, 6.07) is 0.657. The van der Waals surface area contributed by atoms with Crippen molar-refractivity contribution in [3.63, 3.8) is 0 Å². The number of rotatable bonds is 5. The van der Waals surface area contributed by atoms with Crippen molar-refractivity contribution >= 4 is 18.5 Å². The second-order valence-corrected chi connectivity index (χ2v) is 7.72. The van der Waals surface area contributed by atoms with Gasteiger partial charge in [-0.1, -0.05) is 6.92 Å². The highest BCUT2D eigenvalue weighted by atomic mass is 32.1. The van der Waals surface area contributed by atoms with Crippen molar-refractivity contribution in [1.29, 1.82) is 0 Å². The average Bonchev–Trinajstić information content (AvgIpc) is 2.77. The molecule has 2 heterocycles. The van der Waals surface area contributed by atoms with Gasteiger partial charge < -0.3 is 9.80 Å². The molecule has 122 valence electrons. The maximum atomic E-state index is 12.4. The summed E-state index contributed by atoms with van der Waals surface area (Å²) in [5.41, 5.74) is 0. The molecule has 2 unspecified atom stereocenters.